The maximum absolute atomic E-state index is 12.4. The van der Waals surface area contributed by atoms with Crippen molar-refractivity contribution in [1.29, 1.82) is 0 Å². The number of rotatable bonds is 5. The van der Waals surface area contributed by atoms with Gasteiger partial charge in [-0.25, -0.2) is 0 Å². The van der Waals surface area contributed by atoms with Gasteiger partial charge in [-0.05, 0) is 42.2 Å². The minimum Gasteiger partial charge on any atom is -0.322 e. The van der Waals surface area contributed by atoms with E-state index in [9.17, 15) is 4.79 Å². The molecule has 0 aliphatic rings. The van der Waals surface area contributed by atoms with Gasteiger partial charge in [-0.3, -0.25) is 4.79 Å². The number of hydrogen-bond acceptors (Lipinski definition) is 4. The quantitative estimate of drug-likeness (QED) is 0.631. The molecule has 0 saturated carbocycles. The minimum atomic E-state index is -0.247. The average Bonchev–Trinajstić information content (AvgIpc) is 2.63. The number of benzene rings is 2. The average molecular weight is 370 g/mol. The van der Waals surface area contributed by atoms with Crippen LogP contribution in [0.1, 0.15) is 17.3 Å². The van der Waals surface area contributed by atoms with Crippen LogP contribution in [0.5, 0.6) is 0 Å². The SMILES string of the molecule is CCSc1ccc(-c2cccc(NC(=O)c3ccccc3Cl)c2)nn1. The summed E-state index contributed by atoms with van der Waals surface area (Å²) in [5, 5.41) is 12.6. The molecule has 0 radical (unpaired) electrons. The second kappa shape index (κ2) is 8.14. The Bertz CT molecular complexity index is 884. The van der Waals surface area contributed by atoms with E-state index in [0.29, 0.717) is 16.3 Å². The number of carbonyl (C=O) groups is 1. The Kier molecular flexibility index (Phi) is 5.68. The molecule has 1 aromatic heterocycles. The van der Waals surface area contributed by atoms with Crippen LogP contribution in [0, 0.1) is 0 Å². The third-order valence-electron chi connectivity index (χ3n) is 3.47. The summed E-state index contributed by atoms with van der Waals surface area (Å²) >= 11 is 7.72. The lowest BCUT2D eigenvalue weighted by atomic mass is 10.1. The zero-order chi connectivity index (χ0) is 17.6. The van der Waals surface area contributed by atoms with Gasteiger partial charge < -0.3 is 5.32 Å². The second-order valence-corrected chi connectivity index (χ2v) is 6.90. The highest BCUT2D eigenvalue weighted by molar-refractivity contribution is 7.99. The van der Waals surface area contributed by atoms with E-state index in [1.807, 2.05) is 36.4 Å². The fourth-order valence-corrected chi connectivity index (χ4v) is 3.08. The molecule has 1 amide bonds. The van der Waals surface area contributed by atoms with Gasteiger partial charge in [0.2, 0.25) is 0 Å². The zero-order valence-electron chi connectivity index (χ0n) is 13.6. The number of carbonyl (C=O) groups excluding carboxylic acids is 1. The monoisotopic (exact) mass is 369 g/mol. The molecule has 2 aromatic carbocycles. The molecule has 3 aromatic rings. The number of amides is 1. The fourth-order valence-electron chi connectivity index (χ4n) is 2.30. The minimum absolute atomic E-state index is 0.247. The third kappa shape index (κ3) is 4.38. The van der Waals surface area contributed by atoms with E-state index >= 15 is 0 Å². The summed E-state index contributed by atoms with van der Waals surface area (Å²) in [7, 11) is 0. The molecule has 0 fully saturated rings. The number of halogens is 1. The van der Waals surface area contributed by atoms with Gasteiger partial charge in [0.25, 0.3) is 5.91 Å². The van der Waals surface area contributed by atoms with E-state index in [4.69, 9.17) is 11.6 Å². The van der Waals surface area contributed by atoms with Crippen LogP contribution in [-0.4, -0.2) is 21.9 Å². The van der Waals surface area contributed by atoms with Crippen molar-refractivity contribution in [1.82, 2.24) is 10.2 Å². The summed E-state index contributed by atoms with van der Waals surface area (Å²) in [6.45, 7) is 2.07. The van der Waals surface area contributed by atoms with E-state index in [1.54, 1.807) is 36.0 Å². The molecule has 0 bridgehead atoms. The van der Waals surface area contributed by atoms with Crippen LogP contribution in [0.3, 0.4) is 0 Å². The van der Waals surface area contributed by atoms with E-state index in [2.05, 4.69) is 22.4 Å². The largest absolute Gasteiger partial charge is 0.322 e. The topological polar surface area (TPSA) is 54.9 Å². The summed E-state index contributed by atoms with van der Waals surface area (Å²) in [5.41, 5.74) is 2.76. The van der Waals surface area contributed by atoms with Crippen molar-refractivity contribution in [3.63, 3.8) is 0 Å². The van der Waals surface area contributed by atoms with Crippen LogP contribution in [0.4, 0.5) is 5.69 Å². The molecule has 6 heteroatoms. The van der Waals surface area contributed by atoms with Gasteiger partial charge >= 0.3 is 0 Å². The Morgan fingerprint density at radius 3 is 2.64 bits per heavy atom. The highest BCUT2D eigenvalue weighted by Gasteiger charge is 2.10. The van der Waals surface area contributed by atoms with Gasteiger partial charge in [0, 0.05) is 11.3 Å². The lowest BCUT2D eigenvalue weighted by Gasteiger charge is -2.08. The maximum Gasteiger partial charge on any atom is 0.257 e. The maximum atomic E-state index is 12.4. The molecule has 1 heterocycles. The first-order chi connectivity index (χ1) is 12.2. The van der Waals surface area contributed by atoms with Crippen molar-refractivity contribution < 1.29 is 4.79 Å². The molecule has 0 aliphatic carbocycles. The first-order valence-electron chi connectivity index (χ1n) is 7.80. The van der Waals surface area contributed by atoms with Crippen LogP contribution in [0.25, 0.3) is 11.3 Å². The normalized spacial score (nSPS) is 10.5. The molecule has 0 aliphatic heterocycles. The fraction of sp³-hybridized carbons (Fsp3) is 0.105. The Balaban J connectivity index is 1.79. The molecule has 4 nitrogen and oxygen atoms in total. The first-order valence-corrected chi connectivity index (χ1v) is 9.16. The van der Waals surface area contributed by atoms with E-state index in [0.717, 1.165) is 22.0 Å². The Morgan fingerprint density at radius 1 is 1.08 bits per heavy atom. The van der Waals surface area contributed by atoms with Crippen molar-refractivity contribution >= 4 is 35.0 Å². The highest BCUT2D eigenvalue weighted by atomic mass is 35.5. The number of nitrogens with zero attached hydrogens (tertiary/aromatic N) is 2. The number of hydrogen-bond donors (Lipinski definition) is 1. The van der Waals surface area contributed by atoms with Crippen molar-refractivity contribution in [3.8, 4) is 11.3 Å². The van der Waals surface area contributed by atoms with Crippen molar-refractivity contribution in [2.75, 3.05) is 11.1 Å². The standard InChI is InChI=1S/C19H16ClN3OS/c1-2-25-18-11-10-17(22-23-18)13-6-5-7-14(12-13)21-19(24)15-8-3-4-9-16(15)20/h3-12H,2H2,1H3,(H,21,24). The molecule has 3 rings (SSSR count). The second-order valence-electron chi connectivity index (χ2n) is 5.20. The van der Waals surface area contributed by atoms with Gasteiger partial charge in [0.1, 0.15) is 5.03 Å². The van der Waals surface area contributed by atoms with E-state index in [1.165, 1.54) is 0 Å². The summed E-state index contributed by atoms with van der Waals surface area (Å²) in [6, 6.07) is 18.3. The lowest BCUT2D eigenvalue weighted by molar-refractivity contribution is 0.102. The van der Waals surface area contributed by atoms with Crippen molar-refractivity contribution in [2.45, 2.75) is 11.9 Å². The van der Waals surface area contributed by atoms with E-state index in [-0.39, 0.29) is 5.91 Å². The number of aromatic nitrogens is 2. The molecular weight excluding hydrogens is 354 g/mol. The Hall–Kier alpha value is -2.37. The predicted octanol–water partition coefficient (Wildman–Crippen LogP) is 5.16. The number of anilines is 1. The molecule has 0 atom stereocenters. The number of thioether (sulfide) groups is 1. The van der Waals surface area contributed by atoms with Gasteiger partial charge in [0.15, 0.2) is 0 Å². The van der Waals surface area contributed by atoms with Crippen LogP contribution >= 0.6 is 23.4 Å². The summed E-state index contributed by atoms with van der Waals surface area (Å²) in [6.07, 6.45) is 0. The van der Waals surface area contributed by atoms with Crippen LogP contribution in [-0.2, 0) is 0 Å². The molecule has 126 valence electrons. The third-order valence-corrected chi connectivity index (χ3v) is 4.60. The molecule has 1 N–H and O–H groups in total. The summed E-state index contributed by atoms with van der Waals surface area (Å²) in [5.74, 6) is 0.709. The highest BCUT2D eigenvalue weighted by Crippen LogP contribution is 2.23. The summed E-state index contributed by atoms with van der Waals surface area (Å²) < 4.78 is 0. The van der Waals surface area contributed by atoms with Gasteiger partial charge in [-0.1, -0.05) is 42.8 Å². The van der Waals surface area contributed by atoms with Gasteiger partial charge in [-0.15, -0.1) is 22.0 Å². The number of nitrogens with one attached hydrogen (secondary N) is 1. The van der Waals surface area contributed by atoms with Crippen LogP contribution in [0.15, 0.2) is 65.7 Å². The summed E-state index contributed by atoms with van der Waals surface area (Å²) in [4.78, 5) is 12.4. The Labute approximate surface area is 155 Å². The molecule has 0 unspecified atom stereocenters. The zero-order valence-corrected chi connectivity index (χ0v) is 15.1. The first kappa shape index (κ1) is 17.5. The van der Waals surface area contributed by atoms with Crippen LogP contribution < -0.4 is 5.32 Å². The predicted molar refractivity (Wildman–Crippen MR) is 103 cm³/mol. The Morgan fingerprint density at radius 2 is 1.92 bits per heavy atom. The van der Waals surface area contributed by atoms with Crippen molar-refractivity contribution in [3.05, 3.63) is 71.2 Å². The van der Waals surface area contributed by atoms with Gasteiger partial charge in [0.05, 0.1) is 16.3 Å². The smallest absolute Gasteiger partial charge is 0.257 e. The van der Waals surface area contributed by atoms with Crippen LogP contribution in [0.2, 0.25) is 5.02 Å². The molecule has 0 saturated heterocycles. The van der Waals surface area contributed by atoms with Gasteiger partial charge in [-0.2, -0.15) is 0 Å². The molecular formula is C19H16ClN3OS. The van der Waals surface area contributed by atoms with E-state index < -0.39 is 0 Å². The molecule has 25 heavy (non-hydrogen) atoms. The molecule has 0 spiro atoms. The van der Waals surface area contributed by atoms with Crippen molar-refractivity contribution in [2.24, 2.45) is 0 Å². The lowest BCUT2D eigenvalue weighted by Crippen LogP contribution is -2.12.